The average Bonchev–Trinajstić information content (AvgIpc) is 2.74. The van der Waals surface area contributed by atoms with Gasteiger partial charge in [-0.15, -0.1) is 11.8 Å². The first-order chi connectivity index (χ1) is 14.4. The van der Waals surface area contributed by atoms with Gasteiger partial charge >= 0.3 is 0 Å². The summed E-state index contributed by atoms with van der Waals surface area (Å²) < 4.78 is 13.2. The summed E-state index contributed by atoms with van der Waals surface area (Å²) in [7, 11) is 0. The van der Waals surface area contributed by atoms with E-state index in [1.807, 2.05) is 30.5 Å². The van der Waals surface area contributed by atoms with Gasteiger partial charge in [0.25, 0.3) is 0 Å². The van der Waals surface area contributed by atoms with Crippen molar-refractivity contribution in [2.75, 3.05) is 17.3 Å². The molecule has 0 fully saturated rings. The van der Waals surface area contributed by atoms with Crippen molar-refractivity contribution in [2.45, 2.75) is 17.2 Å². The highest BCUT2D eigenvalue weighted by Crippen LogP contribution is 2.36. The van der Waals surface area contributed by atoms with Gasteiger partial charge in [0.2, 0.25) is 11.8 Å². The number of nitriles is 1. The number of rotatable bonds is 6. The van der Waals surface area contributed by atoms with Gasteiger partial charge in [-0.1, -0.05) is 35.5 Å². The van der Waals surface area contributed by atoms with E-state index in [1.165, 1.54) is 12.1 Å². The van der Waals surface area contributed by atoms with Crippen LogP contribution in [-0.4, -0.2) is 23.8 Å². The van der Waals surface area contributed by atoms with Crippen molar-refractivity contribution in [3.05, 3.63) is 69.5 Å². The molecule has 1 aliphatic rings. The van der Waals surface area contributed by atoms with Crippen LogP contribution in [0.4, 0.5) is 10.1 Å². The van der Waals surface area contributed by atoms with E-state index >= 15 is 0 Å². The second kappa shape index (κ2) is 10.0. The Hall–Kier alpha value is -2.47. The summed E-state index contributed by atoms with van der Waals surface area (Å²) in [5.41, 5.74) is 1.66. The van der Waals surface area contributed by atoms with Crippen molar-refractivity contribution in [1.29, 1.82) is 5.26 Å². The number of carbonyl (C=O) groups is 2. The van der Waals surface area contributed by atoms with Gasteiger partial charge in [0, 0.05) is 22.9 Å². The lowest BCUT2D eigenvalue weighted by atomic mass is 9.87. The molecule has 0 saturated carbocycles. The number of thioether (sulfide) groups is 2. The molecule has 9 heteroatoms. The number of nitrogens with zero attached hydrogens (tertiary/aromatic N) is 1. The molecule has 154 valence electrons. The Bertz CT molecular complexity index is 1050. The molecule has 0 radical (unpaired) electrons. The molecule has 2 N–H and O–H groups in total. The molecule has 0 aromatic heterocycles. The molecular weight excluding hydrogens is 445 g/mol. The number of nitrogens with one attached hydrogen (secondary N) is 2. The van der Waals surface area contributed by atoms with Crippen LogP contribution >= 0.6 is 35.1 Å². The fourth-order valence-corrected chi connectivity index (χ4v) is 4.43. The number of halogens is 2. The smallest absolute Gasteiger partial charge is 0.234 e. The molecular formula is C21H17ClFN3O2S2. The highest BCUT2D eigenvalue weighted by Gasteiger charge is 2.29. The van der Waals surface area contributed by atoms with Gasteiger partial charge in [-0.05, 0) is 42.2 Å². The summed E-state index contributed by atoms with van der Waals surface area (Å²) in [6, 6.07) is 13.8. The minimum atomic E-state index is -0.575. The molecule has 0 bridgehead atoms. The van der Waals surface area contributed by atoms with E-state index in [-0.39, 0.29) is 34.9 Å². The SMILES string of the molecule is CSc1ccc([C@H]2CC(=O)NC(SCC(=O)Nc3ccc(F)c(Cl)c3)=C2C#N)cc1. The van der Waals surface area contributed by atoms with E-state index < -0.39 is 5.82 Å². The van der Waals surface area contributed by atoms with Crippen LogP contribution in [0, 0.1) is 17.1 Å². The molecule has 2 aromatic rings. The normalized spacial score (nSPS) is 16.1. The molecule has 2 amide bonds. The first-order valence-electron chi connectivity index (χ1n) is 8.87. The lowest BCUT2D eigenvalue weighted by molar-refractivity contribution is -0.121. The van der Waals surface area contributed by atoms with Crippen LogP contribution in [0.25, 0.3) is 0 Å². The van der Waals surface area contributed by atoms with Crippen molar-refractivity contribution in [1.82, 2.24) is 5.32 Å². The van der Waals surface area contributed by atoms with Crippen molar-refractivity contribution in [3.8, 4) is 6.07 Å². The van der Waals surface area contributed by atoms with Gasteiger partial charge in [0.1, 0.15) is 5.82 Å². The van der Waals surface area contributed by atoms with Crippen molar-refractivity contribution in [3.63, 3.8) is 0 Å². The zero-order valence-corrected chi connectivity index (χ0v) is 18.3. The maximum Gasteiger partial charge on any atom is 0.234 e. The molecule has 3 rings (SSSR count). The number of hydrogen-bond acceptors (Lipinski definition) is 5. The maximum absolute atomic E-state index is 13.2. The Kier molecular flexibility index (Phi) is 7.43. The van der Waals surface area contributed by atoms with Gasteiger partial charge in [-0.25, -0.2) is 4.39 Å². The predicted molar refractivity (Wildman–Crippen MR) is 119 cm³/mol. The van der Waals surface area contributed by atoms with E-state index in [0.29, 0.717) is 16.3 Å². The summed E-state index contributed by atoms with van der Waals surface area (Å²) in [6.07, 6.45) is 2.15. The van der Waals surface area contributed by atoms with Crippen LogP contribution in [0.1, 0.15) is 17.9 Å². The van der Waals surface area contributed by atoms with Crippen molar-refractivity contribution < 1.29 is 14.0 Å². The molecule has 0 saturated heterocycles. The highest BCUT2D eigenvalue weighted by atomic mass is 35.5. The van der Waals surface area contributed by atoms with Crippen molar-refractivity contribution >= 4 is 52.6 Å². The zero-order chi connectivity index (χ0) is 21.7. The van der Waals surface area contributed by atoms with Gasteiger partial charge in [0.05, 0.1) is 27.4 Å². The van der Waals surface area contributed by atoms with E-state index in [1.54, 1.807) is 11.8 Å². The molecule has 0 unspecified atom stereocenters. The van der Waals surface area contributed by atoms with Crippen LogP contribution in [0.3, 0.4) is 0 Å². The molecule has 1 heterocycles. The van der Waals surface area contributed by atoms with Gasteiger partial charge in [-0.2, -0.15) is 5.26 Å². The minimum absolute atomic E-state index is 0.0338. The number of anilines is 1. The van der Waals surface area contributed by atoms with Crippen LogP contribution < -0.4 is 10.6 Å². The van der Waals surface area contributed by atoms with Gasteiger partial charge in [0.15, 0.2) is 0 Å². The molecule has 2 aromatic carbocycles. The summed E-state index contributed by atoms with van der Waals surface area (Å²) in [6.45, 7) is 0. The molecule has 30 heavy (non-hydrogen) atoms. The zero-order valence-electron chi connectivity index (χ0n) is 15.9. The number of hydrogen-bond donors (Lipinski definition) is 2. The van der Waals surface area contributed by atoms with Gasteiger partial charge < -0.3 is 10.6 Å². The topological polar surface area (TPSA) is 82.0 Å². The van der Waals surface area contributed by atoms with Crippen LogP contribution in [0.5, 0.6) is 0 Å². The quantitative estimate of drug-likeness (QED) is 0.597. The first kappa shape index (κ1) is 22.2. The third-order valence-electron chi connectivity index (χ3n) is 4.43. The molecule has 5 nitrogen and oxygen atoms in total. The average molecular weight is 462 g/mol. The minimum Gasteiger partial charge on any atom is -0.325 e. The summed E-state index contributed by atoms with van der Waals surface area (Å²) in [5.74, 6) is -1.54. The second-order valence-corrected chi connectivity index (χ2v) is 8.67. The Morgan fingerprint density at radius 2 is 2.07 bits per heavy atom. The molecule has 0 aliphatic carbocycles. The fraction of sp³-hybridized carbons (Fsp3) is 0.190. The molecule has 1 atom stereocenters. The van der Waals surface area contributed by atoms with E-state index in [4.69, 9.17) is 11.6 Å². The Labute approximate surface area is 187 Å². The second-order valence-electron chi connectivity index (χ2n) is 6.40. The van der Waals surface area contributed by atoms with Gasteiger partial charge in [-0.3, -0.25) is 9.59 Å². The molecule has 0 spiro atoms. The van der Waals surface area contributed by atoms with Crippen LogP contribution in [0.15, 0.2) is 58.0 Å². The lowest BCUT2D eigenvalue weighted by Gasteiger charge is -2.25. The molecule has 1 aliphatic heterocycles. The number of allylic oxidation sites excluding steroid dienone is 1. The number of carbonyl (C=O) groups excluding carboxylic acids is 2. The van der Waals surface area contributed by atoms with E-state index in [9.17, 15) is 19.2 Å². The summed E-state index contributed by atoms with van der Waals surface area (Å²) in [5, 5.41) is 15.3. The Balaban J connectivity index is 1.74. The number of amides is 2. The Morgan fingerprint density at radius 1 is 1.33 bits per heavy atom. The Morgan fingerprint density at radius 3 is 2.70 bits per heavy atom. The van der Waals surface area contributed by atoms with E-state index in [0.717, 1.165) is 28.3 Å². The standard InChI is InChI=1S/C21H17ClFN3O2S2/c1-29-14-5-2-12(3-6-14)15-9-19(27)26-21(16(15)10-24)30-11-20(28)25-13-4-7-18(23)17(22)8-13/h2-8,15H,9,11H2,1H3,(H,25,28)(H,26,27)/t15-/m1/s1. The fourth-order valence-electron chi connectivity index (χ4n) is 2.96. The largest absolute Gasteiger partial charge is 0.325 e. The number of benzene rings is 2. The van der Waals surface area contributed by atoms with Crippen molar-refractivity contribution in [2.24, 2.45) is 0 Å². The van der Waals surface area contributed by atoms with Crippen LogP contribution in [-0.2, 0) is 9.59 Å². The van der Waals surface area contributed by atoms with E-state index in [2.05, 4.69) is 16.7 Å². The summed E-state index contributed by atoms with van der Waals surface area (Å²) >= 11 is 8.41. The van der Waals surface area contributed by atoms with Crippen LogP contribution in [0.2, 0.25) is 5.02 Å². The summed E-state index contributed by atoms with van der Waals surface area (Å²) in [4.78, 5) is 25.6. The highest BCUT2D eigenvalue weighted by molar-refractivity contribution is 8.03. The maximum atomic E-state index is 13.2. The monoisotopic (exact) mass is 461 g/mol. The first-order valence-corrected chi connectivity index (χ1v) is 11.5. The predicted octanol–water partition coefficient (Wildman–Crippen LogP) is 4.91. The third kappa shape index (κ3) is 5.36. The lowest BCUT2D eigenvalue weighted by Crippen LogP contribution is -2.31. The third-order valence-corrected chi connectivity index (χ3v) is 6.48.